The summed E-state index contributed by atoms with van der Waals surface area (Å²) in [6.45, 7) is 0. The van der Waals surface area contributed by atoms with Crippen LogP contribution in [0.5, 0.6) is 0 Å². The Morgan fingerprint density at radius 1 is 0.692 bits per heavy atom. The second-order valence-corrected chi connectivity index (χ2v) is 2.94. The van der Waals surface area contributed by atoms with E-state index in [0.717, 1.165) is 0 Å². The Bertz CT molecular complexity index is 183. The van der Waals surface area contributed by atoms with Gasteiger partial charge in [-0.2, -0.15) is 0 Å². The highest BCUT2D eigenvalue weighted by atomic mass is 19.2. The minimum Gasteiger partial charge on any atom is -0.303 e. The number of rotatable bonds is 1. The lowest BCUT2D eigenvalue weighted by Crippen LogP contribution is -2.53. The van der Waals surface area contributed by atoms with Gasteiger partial charge in [-0.05, 0) is 0 Å². The molecule has 0 spiro atoms. The van der Waals surface area contributed by atoms with Gasteiger partial charge < -0.3 is 4.79 Å². The first kappa shape index (κ1) is 10.4. The Hall–Kier alpha value is -0.680. The summed E-state index contributed by atoms with van der Waals surface area (Å²) in [5.74, 6) is -2.04. The zero-order chi connectivity index (χ0) is 10.2. The van der Waals surface area contributed by atoms with Crippen LogP contribution >= 0.6 is 0 Å². The molecule has 1 nitrogen and oxygen atoms in total. The minimum absolute atomic E-state index is 0.222. The molecule has 1 rings (SSSR count). The van der Waals surface area contributed by atoms with Crippen molar-refractivity contribution in [3.63, 3.8) is 0 Å². The van der Waals surface area contributed by atoms with Crippen molar-refractivity contribution < 1.29 is 26.7 Å². The second kappa shape index (κ2) is 3.59. The molecule has 6 heteroatoms. The number of halogens is 5. The molecule has 0 saturated heterocycles. The number of carbonyl (C=O) groups excluding carboxylic acids is 1. The SMILES string of the molecule is O=CC1C(F)C(F)C(F)C(F)C1F. The lowest BCUT2D eigenvalue weighted by atomic mass is 9.83. The van der Waals surface area contributed by atoms with Crippen LogP contribution < -0.4 is 0 Å². The second-order valence-electron chi connectivity index (χ2n) is 2.94. The number of aldehydes is 1. The van der Waals surface area contributed by atoms with Gasteiger partial charge in [0.25, 0.3) is 0 Å². The van der Waals surface area contributed by atoms with Crippen molar-refractivity contribution in [2.45, 2.75) is 30.9 Å². The maximum atomic E-state index is 12.7. The van der Waals surface area contributed by atoms with Crippen LogP contribution in [-0.4, -0.2) is 37.1 Å². The summed E-state index contributed by atoms with van der Waals surface area (Å²) >= 11 is 0. The molecule has 0 aliphatic heterocycles. The van der Waals surface area contributed by atoms with Crippen LogP contribution in [0.15, 0.2) is 0 Å². The van der Waals surface area contributed by atoms with Crippen molar-refractivity contribution in [3.8, 4) is 0 Å². The molecule has 0 heterocycles. The number of carbonyl (C=O) groups is 1. The van der Waals surface area contributed by atoms with E-state index in [2.05, 4.69) is 0 Å². The van der Waals surface area contributed by atoms with Crippen LogP contribution in [0.2, 0.25) is 0 Å². The highest BCUT2D eigenvalue weighted by Crippen LogP contribution is 2.34. The van der Waals surface area contributed by atoms with Gasteiger partial charge >= 0.3 is 0 Å². The molecule has 0 aromatic heterocycles. The first-order valence-corrected chi connectivity index (χ1v) is 3.66. The fraction of sp³-hybridized carbons (Fsp3) is 0.857. The Morgan fingerprint density at radius 3 is 1.31 bits per heavy atom. The summed E-state index contributed by atoms with van der Waals surface area (Å²) in [5, 5.41) is 0. The molecule has 76 valence electrons. The predicted molar refractivity (Wildman–Crippen MR) is 34.0 cm³/mol. The average molecular weight is 202 g/mol. The van der Waals surface area contributed by atoms with Gasteiger partial charge in [0.15, 0.2) is 18.5 Å². The third-order valence-corrected chi connectivity index (χ3v) is 2.11. The zero-order valence-corrected chi connectivity index (χ0v) is 6.34. The van der Waals surface area contributed by atoms with Gasteiger partial charge in [-0.25, -0.2) is 22.0 Å². The predicted octanol–water partition coefficient (Wildman–Crippen LogP) is 1.51. The van der Waals surface area contributed by atoms with E-state index in [9.17, 15) is 26.7 Å². The Morgan fingerprint density at radius 2 is 1.00 bits per heavy atom. The van der Waals surface area contributed by atoms with E-state index in [4.69, 9.17) is 0 Å². The largest absolute Gasteiger partial charge is 0.303 e. The lowest BCUT2D eigenvalue weighted by molar-refractivity contribution is -0.129. The summed E-state index contributed by atoms with van der Waals surface area (Å²) in [6, 6.07) is 0. The van der Waals surface area contributed by atoms with Crippen LogP contribution in [-0.2, 0) is 4.79 Å². The molecule has 1 aliphatic carbocycles. The molecule has 13 heavy (non-hydrogen) atoms. The number of hydrogen-bond donors (Lipinski definition) is 0. The van der Waals surface area contributed by atoms with Crippen molar-refractivity contribution in [1.82, 2.24) is 0 Å². The lowest BCUT2D eigenvalue weighted by Gasteiger charge is -2.33. The van der Waals surface area contributed by atoms with E-state index in [1.807, 2.05) is 0 Å². The van der Waals surface area contributed by atoms with E-state index >= 15 is 0 Å². The Balaban J connectivity index is 2.85. The van der Waals surface area contributed by atoms with Gasteiger partial charge in [0.05, 0.1) is 5.92 Å². The number of hydrogen-bond acceptors (Lipinski definition) is 1. The topological polar surface area (TPSA) is 17.1 Å². The molecule has 0 aromatic carbocycles. The molecular weight excluding hydrogens is 195 g/mol. The molecule has 1 fully saturated rings. The molecule has 4 atom stereocenters. The summed E-state index contributed by atoms with van der Waals surface area (Å²) in [4.78, 5) is 10.0. The first-order valence-electron chi connectivity index (χ1n) is 3.66. The minimum atomic E-state index is -2.83. The van der Waals surface area contributed by atoms with Gasteiger partial charge in [-0.15, -0.1) is 0 Å². The maximum absolute atomic E-state index is 12.7. The van der Waals surface area contributed by atoms with Crippen LogP contribution in [0.4, 0.5) is 22.0 Å². The molecule has 0 bridgehead atoms. The summed E-state index contributed by atoms with van der Waals surface area (Å²) in [5.41, 5.74) is 0. The van der Waals surface area contributed by atoms with Gasteiger partial charge in [0.2, 0.25) is 0 Å². The van der Waals surface area contributed by atoms with Crippen molar-refractivity contribution in [1.29, 1.82) is 0 Å². The van der Waals surface area contributed by atoms with Gasteiger partial charge in [-0.1, -0.05) is 0 Å². The monoisotopic (exact) mass is 202 g/mol. The summed E-state index contributed by atoms with van der Waals surface area (Å²) in [7, 11) is 0. The standard InChI is InChI=1S/C7H7F5O/c8-3-2(1-13)4(9)6(11)7(12)5(3)10/h1-7H. The summed E-state index contributed by atoms with van der Waals surface area (Å²) in [6.07, 6.45) is -13.8. The van der Waals surface area contributed by atoms with E-state index in [-0.39, 0.29) is 6.29 Å². The van der Waals surface area contributed by atoms with E-state index in [0.29, 0.717) is 0 Å². The molecule has 0 N–H and O–H groups in total. The molecule has 1 saturated carbocycles. The first-order chi connectivity index (χ1) is 6.00. The van der Waals surface area contributed by atoms with Gasteiger partial charge in [-0.3, -0.25) is 0 Å². The molecule has 1 aliphatic rings. The Kier molecular flexibility index (Phi) is 2.87. The molecule has 0 amide bonds. The van der Waals surface area contributed by atoms with Crippen molar-refractivity contribution in [2.75, 3.05) is 0 Å². The van der Waals surface area contributed by atoms with E-state index < -0.39 is 36.8 Å². The fourth-order valence-corrected chi connectivity index (χ4v) is 1.28. The van der Waals surface area contributed by atoms with Gasteiger partial charge in [0.1, 0.15) is 18.6 Å². The molecular formula is C7H7F5O. The van der Waals surface area contributed by atoms with Crippen molar-refractivity contribution >= 4 is 6.29 Å². The Labute approximate surface area is 70.9 Å². The van der Waals surface area contributed by atoms with Crippen molar-refractivity contribution in [2.24, 2.45) is 5.92 Å². The molecule has 4 unspecified atom stereocenters. The smallest absolute Gasteiger partial charge is 0.168 e. The van der Waals surface area contributed by atoms with Gasteiger partial charge in [0, 0.05) is 0 Å². The highest BCUT2D eigenvalue weighted by molar-refractivity contribution is 5.56. The quantitative estimate of drug-likeness (QED) is 0.465. The zero-order valence-electron chi connectivity index (χ0n) is 6.34. The highest BCUT2D eigenvalue weighted by Gasteiger charge is 2.53. The van der Waals surface area contributed by atoms with E-state index in [1.165, 1.54) is 0 Å². The van der Waals surface area contributed by atoms with Crippen molar-refractivity contribution in [3.05, 3.63) is 0 Å². The maximum Gasteiger partial charge on any atom is 0.168 e. The fourth-order valence-electron chi connectivity index (χ4n) is 1.28. The third kappa shape index (κ3) is 1.53. The third-order valence-electron chi connectivity index (χ3n) is 2.11. The normalized spacial score (nSPS) is 51.8. The van der Waals surface area contributed by atoms with Crippen LogP contribution in [0.25, 0.3) is 0 Å². The summed E-state index contributed by atoms with van der Waals surface area (Å²) < 4.78 is 62.8. The van der Waals surface area contributed by atoms with Crippen LogP contribution in [0.3, 0.4) is 0 Å². The van der Waals surface area contributed by atoms with Crippen LogP contribution in [0, 0.1) is 5.92 Å². The average Bonchev–Trinajstić information content (AvgIpc) is 2.13. The molecule has 0 aromatic rings. The van der Waals surface area contributed by atoms with Crippen LogP contribution in [0.1, 0.15) is 0 Å². The van der Waals surface area contributed by atoms with E-state index in [1.54, 1.807) is 0 Å². The number of alkyl halides is 5. The molecule has 0 radical (unpaired) electrons.